The van der Waals surface area contributed by atoms with Crippen LogP contribution in [0.25, 0.3) is 0 Å². The minimum atomic E-state index is -0.632. The van der Waals surface area contributed by atoms with E-state index < -0.39 is 11.6 Å². The first kappa shape index (κ1) is 17.8. The number of aryl methyl sites for hydroxylation is 1. The summed E-state index contributed by atoms with van der Waals surface area (Å²) in [5.74, 6) is -0.940. The highest BCUT2D eigenvalue weighted by Gasteiger charge is 2.27. The van der Waals surface area contributed by atoms with Crippen LogP contribution in [0.5, 0.6) is 5.88 Å². The number of nitrogens with zero attached hydrogens (tertiary/aromatic N) is 3. The van der Waals surface area contributed by atoms with Gasteiger partial charge in [-0.25, -0.2) is 13.8 Å². The van der Waals surface area contributed by atoms with Gasteiger partial charge in [0.2, 0.25) is 11.8 Å². The maximum atomic E-state index is 13.6. The molecule has 1 aromatic heterocycles. The summed E-state index contributed by atoms with van der Waals surface area (Å²) in [7, 11) is 0. The molecule has 1 unspecified atom stereocenters. The van der Waals surface area contributed by atoms with E-state index in [0.29, 0.717) is 36.5 Å². The lowest BCUT2D eigenvalue weighted by Gasteiger charge is -2.17. The van der Waals surface area contributed by atoms with Crippen LogP contribution in [0, 0.1) is 23.0 Å². The molecular weight excluding hydrogens is 340 g/mol. The molecule has 2 heterocycles. The molecule has 1 aliphatic heterocycles. The molecule has 0 aliphatic carbocycles. The van der Waals surface area contributed by atoms with Crippen LogP contribution in [0.4, 0.5) is 8.78 Å². The van der Waals surface area contributed by atoms with E-state index in [1.165, 1.54) is 18.3 Å². The van der Waals surface area contributed by atoms with Gasteiger partial charge in [0.1, 0.15) is 23.8 Å². The van der Waals surface area contributed by atoms with Crippen LogP contribution >= 0.6 is 0 Å². The fraction of sp³-hybridized carbons (Fsp3) is 0.316. The number of rotatable bonds is 5. The van der Waals surface area contributed by atoms with Crippen LogP contribution in [0.3, 0.4) is 0 Å². The first-order valence-electron chi connectivity index (χ1n) is 8.29. The molecule has 0 N–H and O–H groups in total. The summed E-state index contributed by atoms with van der Waals surface area (Å²) < 4.78 is 32.3. The number of hydrogen-bond donors (Lipinski definition) is 0. The van der Waals surface area contributed by atoms with Crippen LogP contribution in [-0.2, 0) is 11.2 Å². The quantitative estimate of drug-likeness (QED) is 0.825. The smallest absolute Gasteiger partial charge is 0.223 e. The number of amides is 1. The lowest BCUT2D eigenvalue weighted by atomic mass is 10.1. The molecule has 7 heteroatoms. The molecule has 3 rings (SSSR count). The van der Waals surface area contributed by atoms with Crippen LogP contribution in [-0.4, -0.2) is 35.0 Å². The van der Waals surface area contributed by atoms with Crippen molar-refractivity contribution in [2.24, 2.45) is 0 Å². The fourth-order valence-electron chi connectivity index (χ4n) is 2.86. The van der Waals surface area contributed by atoms with Gasteiger partial charge in [-0.3, -0.25) is 4.79 Å². The topological polar surface area (TPSA) is 66.2 Å². The summed E-state index contributed by atoms with van der Waals surface area (Å²) >= 11 is 0. The average molecular weight is 357 g/mol. The van der Waals surface area contributed by atoms with Gasteiger partial charge in [0, 0.05) is 37.7 Å². The van der Waals surface area contributed by atoms with Gasteiger partial charge in [-0.1, -0.05) is 6.07 Å². The predicted octanol–water partition coefficient (Wildman–Crippen LogP) is 2.84. The van der Waals surface area contributed by atoms with Gasteiger partial charge in [-0.05, 0) is 24.1 Å². The van der Waals surface area contributed by atoms with Crippen molar-refractivity contribution in [3.8, 4) is 11.9 Å². The summed E-state index contributed by atoms with van der Waals surface area (Å²) in [6.45, 7) is 0.998. The van der Waals surface area contributed by atoms with E-state index in [-0.39, 0.29) is 24.9 Å². The zero-order valence-corrected chi connectivity index (χ0v) is 14.0. The lowest BCUT2D eigenvalue weighted by molar-refractivity contribution is -0.130. The second-order valence-electron chi connectivity index (χ2n) is 6.10. The van der Waals surface area contributed by atoms with Gasteiger partial charge in [0.05, 0.1) is 12.1 Å². The highest BCUT2D eigenvalue weighted by Crippen LogP contribution is 2.19. The van der Waals surface area contributed by atoms with Crippen molar-refractivity contribution < 1.29 is 18.3 Å². The molecular formula is C19H17F2N3O2. The van der Waals surface area contributed by atoms with Gasteiger partial charge in [0.25, 0.3) is 0 Å². The predicted molar refractivity (Wildman–Crippen MR) is 89.2 cm³/mol. The monoisotopic (exact) mass is 357 g/mol. The van der Waals surface area contributed by atoms with Crippen molar-refractivity contribution in [2.45, 2.75) is 25.4 Å². The number of carbonyl (C=O) groups excluding carboxylic acids is 1. The maximum absolute atomic E-state index is 13.6. The maximum Gasteiger partial charge on any atom is 0.223 e. The number of hydrogen-bond acceptors (Lipinski definition) is 4. The molecule has 0 radical (unpaired) electrons. The van der Waals surface area contributed by atoms with Crippen molar-refractivity contribution >= 4 is 5.91 Å². The first-order valence-corrected chi connectivity index (χ1v) is 8.29. The molecule has 5 nitrogen and oxygen atoms in total. The highest BCUT2D eigenvalue weighted by atomic mass is 19.1. The summed E-state index contributed by atoms with van der Waals surface area (Å²) in [5, 5.41) is 8.76. The zero-order chi connectivity index (χ0) is 18.5. The molecule has 1 atom stereocenters. The van der Waals surface area contributed by atoms with Crippen molar-refractivity contribution in [3.63, 3.8) is 0 Å². The molecule has 0 bridgehead atoms. The first-order chi connectivity index (χ1) is 12.5. The van der Waals surface area contributed by atoms with Crippen LogP contribution in [0.1, 0.15) is 24.0 Å². The molecule has 1 saturated heterocycles. The summed E-state index contributed by atoms with van der Waals surface area (Å²) in [6.07, 6.45) is 2.33. The molecule has 1 aliphatic rings. The van der Waals surface area contributed by atoms with Crippen LogP contribution in [0.2, 0.25) is 0 Å². The number of nitriles is 1. The third-order valence-corrected chi connectivity index (χ3v) is 4.27. The average Bonchev–Trinajstić information content (AvgIpc) is 3.10. The van der Waals surface area contributed by atoms with Crippen LogP contribution in [0.15, 0.2) is 36.5 Å². The summed E-state index contributed by atoms with van der Waals surface area (Å²) in [5.41, 5.74) is 0.780. The molecule has 26 heavy (non-hydrogen) atoms. The number of aromatic nitrogens is 1. The Hall–Kier alpha value is -3.01. The van der Waals surface area contributed by atoms with E-state index in [9.17, 15) is 13.6 Å². The number of benzene rings is 1. The Morgan fingerprint density at radius 2 is 2.19 bits per heavy atom. The lowest BCUT2D eigenvalue weighted by Crippen LogP contribution is -2.31. The molecule has 1 fully saturated rings. The van der Waals surface area contributed by atoms with E-state index in [1.54, 1.807) is 17.0 Å². The summed E-state index contributed by atoms with van der Waals surface area (Å²) in [4.78, 5) is 18.0. The van der Waals surface area contributed by atoms with E-state index >= 15 is 0 Å². The highest BCUT2D eigenvalue weighted by molar-refractivity contribution is 5.76. The molecule has 1 aromatic carbocycles. The third kappa shape index (κ3) is 4.33. The minimum absolute atomic E-state index is 0.0902. The largest absolute Gasteiger partial charge is 0.472 e. The normalized spacial score (nSPS) is 16.3. The van der Waals surface area contributed by atoms with Gasteiger partial charge < -0.3 is 9.64 Å². The number of pyridine rings is 1. The molecule has 0 saturated carbocycles. The second-order valence-corrected chi connectivity index (χ2v) is 6.10. The van der Waals surface area contributed by atoms with Crippen LogP contribution < -0.4 is 4.74 Å². The van der Waals surface area contributed by atoms with Gasteiger partial charge in [0.15, 0.2) is 0 Å². The number of halogens is 2. The third-order valence-electron chi connectivity index (χ3n) is 4.27. The fourth-order valence-corrected chi connectivity index (χ4v) is 2.86. The van der Waals surface area contributed by atoms with E-state index in [4.69, 9.17) is 10.00 Å². The summed E-state index contributed by atoms with van der Waals surface area (Å²) in [6, 6.07) is 8.61. The van der Waals surface area contributed by atoms with E-state index in [1.807, 2.05) is 6.07 Å². The Bertz CT molecular complexity index is 834. The van der Waals surface area contributed by atoms with Gasteiger partial charge >= 0.3 is 0 Å². The standard InChI is InChI=1S/C19H17F2N3O2/c20-15-4-2-14(17(21)9-15)3-6-19(25)24-8-7-16(12-24)26-18-5-1-13(10-22)11-23-18/h1-2,4-5,9,11,16H,3,6-8,12H2. The Balaban J connectivity index is 1.49. The van der Waals surface area contributed by atoms with Gasteiger partial charge in [-0.2, -0.15) is 5.26 Å². The van der Waals surface area contributed by atoms with Crippen molar-refractivity contribution in [2.75, 3.05) is 13.1 Å². The zero-order valence-electron chi connectivity index (χ0n) is 14.0. The van der Waals surface area contributed by atoms with Crippen molar-refractivity contribution in [1.29, 1.82) is 5.26 Å². The Morgan fingerprint density at radius 3 is 2.88 bits per heavy atom. The number of ether oxygens (including phenoxy) is 1. The molecule has 0 spiro atoms. The van der Waals surface area contributed by atoms with Crippen molar-refractivity contribution in [1.82, 2.24) is 9.88 Å². The van der Waals surface area contributed by atoms with Gasteiger partial charge in [-0.15, -0.1) is 0 Å². The Kier molecular flexibility index (Phi) is 5.42. The SMILES string of the molecule is N#Cc1ccc(OC2CCN(C(=O)CCc3ccc(F)cc3F)C2)nc1. The molecule has 2 aromatic rings. The van der Waals surface area contributed by atoms with Crippen molar-refractivity contribution in [3.05, 3.63) is 59.3 Å². The molecule has 134 valence electrons. The second kappa shape index (κ2) is 7.91. The number of likely N-dealkylation sites (tertiary alicyclic amines) is 1. The minimum Gasteiger partial charge on any atom is -0.472 e. The Morgan fingerprint density at radius 1 is 1.35 bits per heavy atom. The van der Waals surface area contributed by atoms with E-state index in [0.717, 1.165) is 6.07 Å². The Labute approximate surface area is 149 Å². The molecule has 1 amide bonds. The number of carbonyl (C=O) groups is 1. The van der Waals surface area contributed by atoms with E-state index in [2.05, 4.69) is 4.98 Å².